The van der Waals surface area contributed by atoms with E-state index in [1.807, 2.05) is 0 Å². The molecule has 17 heavy (non-hydrogen) atoms. The molecule has 1 heteroatoms. The van der Waals surface area contributed by atoms with E-state index in [0.29, 0.717) is 28.6 Å². The molecular formula is C16H28O. The highest BCUT2D eigenvalue weighted by molar-refractivity contribution is 5.09. The number of hydrogen-bond acceptors (Lipinski definition) is 1. The first kappa shape index (κ1) is 13.1. The van der Waals surface area contributed by atoms with Gasteiger partial charge in [0.1, 0.15) is 0 Å². The third-order valence-electron chi connectivity index (χ3n) is 5.94. The Morgan fingerprint density at radius 2 is 1.88 bits per heavy atom. The fourth-order valence-electron chi connectivity index (χ4n) is 4.93. The highest BCUT2D eigenvalue weighted by atomic mass is 16.3. The van der Waals surface area contributed by atoms with Crippen LogP contribution in [-0.4, -0.2) is 11.2 Å². The van der Waals surface area contributed by atoms with Crippen molar-refractivity contribution in [3.63, 3.8) is 0 Å². The van der Waals surface area contributed by atoms with E-state index in [-0.39, 0.29) is 6.10 Å². The minimum absolute atomic E-state index is 0.145. The lowest BCUT2D eigenvalue weighted by Gasteiger charge is -2.59. The van der Waals surface area contributed by atoms with Gasteiger partial charge in [-0.3, -0.25) is 0 Å². The molecule has 0 bridgehead atoms. The Morgan fingerprint density at radius 3 is 2.47 bits per heavy atom. The normalized spacial score (nSPS) is 49.5. The van der Waals surface area contributed by atoms with Gasteiger partial charge in [0.25, 0.3) is 0 Å². The minimum atomic E-state index is -0.145. The fraction of sp³-hybridized carbons (Fsp3) is 0.875. The van der Waals surface area contributed by atoms with Crippen LogP contribution >= 0.6 is 0 Å². The third kappa shape index (κ3) is 1.87. The second-order valence-electron chi connectivity index (χ2n) is 7.32. The van der Waals surface area contributed by atoms with Crippen molar-refractivity contribution in [3.05, 3.63) is 12.7 Å². The molecule has 1 N–H and O–H groups in total. The second-order valence-corrected chi connectivity index (χ2v) is 7.32. The van der Waals surface area contributed by atoms with Crippen molar-refractivity contribution in [2.24, 2.45) is 28.6 Å². The van der Waals surface area contributed by atoms with Gasteiger partial charge in [-0.05, 0) is 47.8 Å². The molecule has 0 unspecified atom stereocenters. The predicted octanol–water partition coefficient (Wildman–Crippen LogP) is 4.02. The summed E-state index contributed by atoms with van der Waals surface area (Å²) in [5.41, 5.74) is 0.720. The number of hydrogen-bond donors (Lipinski definition) is 1. The first-order valence-corrected chi connectivity index (χ1v) is 7.13. The summed E-state index contributed by atoms with van der Waals surface area (Å²) in [6.45, 7) is 13.4. The topological polar surface area (TPSA) is 20.2 Å². The summed E-state index contributed by atoms with van der Waals surface area (Å²) < 4.78 is 0. The highest BCUT2D eigenvalue weighted by Gasteiger charge is 2.55. The van der Waals surface area contributed by atoms with E-state index in [1.165, 1.54) is 19.3 Å². The zero-order chi connectivity index (χ0) is 12.8. The molecule has 2 saturated carbocycles. The molecule has 1 nitrogen and oxygen atoms in total. The quantitative estimate of drug-likeness (QED) is 0.682. The van der Waals surface area contributed by atoms with Gasteiger partial charge in [-0.1, -0.05) is 40.2 Å². The first-order chi connectivity index (χ1) is 7.83. The Hall–Kier alpha value is -0.300. The summed E-state index contributed by atoms with van der Waals surface area (Å²) >= 11 is 0. The van der Waals surface area contributed by atoms with Crippen LogP contribution in [0, 0.1) is 28.6 Å². The lowest BCUT2D eigenvalue weighted by molar-refractivity contribution is -0.124. The number of rotatable bonds is 1. The Kier molecular flexibility index (Phi) is 3.18. The molecule has 0 aromatic heterocycles. The molecule has 0 saturated heterocycles. The maximum atomic E-state index is 10.3. The molecule has 0 radical (unpaired) electrons. The van der Waals surface area contributed by atoms with Crippen LogP contribution in [0.25, 0.3) is 0 Å². The molecule has 0 aromatic rings. The van der Waals surface area contributed by atoms with Crippen LogP contribution in [0.3, 0.4) is 0 Å². The minimum Gasteiger partial charge on any atom is -0.393 e. The van der Waals surface area contributed by atoms with Crippen LogP contribution in [-0.2, 0) is 0 Å². The lowest BCUT2D eigenvalue weighted by Crippen LogP contribution is -2.54. The van der Waals surface area contributed by atoms with Gasteiger partial charge in [0.05, 0.1) is 6.10 Å². The van der Waals surface area contributed by atoms with Crippen LogP contribution < -0.4 is 0 Å². The lowest BCUT2D eigenvalue weighted by atomic mass is 9.46. The Labute approximate surface area is 106 Å². The molecule has 0 aromatic carbocycles. The average molecular weight is 236 g/mol. The van der Waals surface area contributed by atoms with Gasteiger partial charge < -0.3 is 5.11 Å². The SMILES string of the molecule is C=C[C@H]1[C@H](C)[C@H](O)C[C@H]2C(C)(C)CCC[C@]12C. The van der Waals surface area contributed by atoms with Crippen molar-refractivity contribution in [1.82, 2.24) is 0 Å². The van der Waals surface area contributed by atoms with E-state index in [4.69, 9.17) is 0 Å². The van der Waals surface area contributed by atoms with E-state index in [0.717, 1.165) is 6.42 Å². The molecular weight excluding hydrogens is 208 g/mol. The molecule has 0 amide bonds. The molecule has 2 fully saturated rings. The molecule has 2 rings (SSSR count). The highest BCUT2D eigenvalue weighted by Crippen LogP contribution is 2.61. The molecule has 0 heterocycles. The van der Waals surface area contributed by atoms with Crippen molar-refractivity contribution < 1.29 is 5.11 Å². The van der Waals surface area contributed by atoms with Crippen LogP contribution in [0.5, 0.6) is 0 Å². The molecule has 5 atom stereocenters. The van der Waals surface area contributed by atoms with Crippen molar-refractivity contribution in [2.75, 3.05) is 0 Å². The fourth-order valence-corrected chi connectivity index (χ4v) is 4.93. The summed E-state index contributed by atoms with van der Waals surface area (Å²) in [5, 5.41) is 10.3. The van der Waals surface area contributed by atoms with Crippen molar-refractivity contribution in [1.29, 1.82) is 0 Å². The smallest absolute Gasteiger partial charge is 0.0574 e. The number of aliphatic hydroxyl groups is 1. The van der Waals surface area contributed by atoms with Crippen molar-refractivity contribution >= 4 is 0 Å². The number of allylic oxidation sites excluding steroid dienone is 1. The van der Waals surface area contributed by atoms with Gasteiger partial charge in [0.2, 0.25) is 0 Å². The third-order valence-corrected chi connectivity index (χ3v) is 5.94. The predicted molar refractivity (Wildman–Crippen MR) is 72.7 cm³/mol. The summed E-state index contributed by atoms with van der Waals surface area (Å²) in [4.78, 5) is 0. The van der Waals surface area contributed by atoms with Crippen LogP contribution in [0.4, 0.5) is 0 Å². The number of fused-ring (bicyclic) bond motifs is 1. The zero-order valence-corrected chi connectivity index (χ0v) is 11.9. The van der Waals surface area contributed by atoms with Gasteiger partial charge >= 0.3 is 0 Å². The van der Waals surface area contributed by atoms with Crippen LogP contribution in [0.2, 0.25) is 0 Å². The van der Waals surface area contributed by atoms with Crippen LogP contribution in [0.1, 0.15) is 53.4 Å². The van der Waals surface area contributed by atoms with E-state index >= 15 is 0 Å². The van der Waals surface area contributed by atoms with Gasteiger partial charge in [-0.15, -0.1) is 6.58 Å². The Bertz CT molecular complexity index is 307. The van der Waals surface area contributed by atoms with E-state index in [2.05, 4.69) is 40.3 Å². The molecule has 0 aliphatic heterocycles. The summed E-state index contributed by atoms with van der Waals surface area (Å²) in [5.74, 6) is 1.47. The van der Waals surface area contributed by atoms with E-state index in [9.17, 15) is 5.11 Å². The van der Waals surface area contributed by atoms with Gasteiger partial charge in [-0.2, -0.15) is 0 Å². The second kappa shape index (κ2) is 4.12. The van der Waals surface area contributed by atoms with E-state index < -0.39 is 0 Å². The summed E-state index contributed by atoms with van der Waals surface area (Å²) in [7, 11) is 0. The molecule has 2 aliphatic carbocycles. The maximum Gasteiger partial charge on any atom is 0.0574 e. The molecule has 0 spiro atoms. The van der Waals surface area contributed by atoms with Gasteiger partial charge in [0.15, 0.2) is 0 Å². The first-order valence-electron chi connectivity index (χ1n) is 7.13. The van der Waals surface area contributed by atoms with Crippen molar-refractivity contribution in [2.45, 2.75) is 59.5 Å². The van der Waals surface area contributed by atoms with E-state index in [1.54, 1.807) is 0 Å². The van der Waals surface area contributed by atoms with Gasteiger partial charge in [-0.25, -0.2) is 0 Å². The standard InChI is InChI=1S/C16H28O/c1-6-12-11(2)13(17)10-14-15(3,4)8-7-9-16(12,14)5/h6,11-14,17H,1,7-10H2,2-5H3/t11-,12-,13+,14-,16+/m0/s1. The van der Waals surface area contributed by atoms with Gasteiger partial charge in [0, 0.05) is 0 Å². The number of aliphatic hydroxyl groups excluding tert-OH is 1. The summed E-state index contributed by atoms with van der Waals surface area (Å²) in [6, 6.07) is 0. The zero-order valence-electron chi connectivity index (χ0n) is 11.9. The van der Waals surface area contributed by atoms with Crippen molar-refractivity contribution in [3.8, 4) is 0 Å². The molecule has 98 valence electrons. The monoisotopic (exact) mass is 236 g/mol. The summed E-state index contributed by atoms with van der Waals surface area (Å²) in [6.07, 6.45) is 6.88. The Balaban J connectivity index is 2.39. The largest absolute Gasteiger partial charge is 0.393 e. The Morgan fingerprint density at radius 1 is 1.24 bits per heavy atom. The molecule has 2 aliphatic rings. The maximum absolute atomic E-state index is 10.3. The van der Waals surface area contributed by atoms with Crippen LogP contribution in [0.15, 0.2) is 12.7 Å². The average Bonchev–Trinajstić information content (AvgIpc) is 2.22.